The molecule has 0 spiro atoms. The molecule has 0 saturated heterocycles. The highest BCUT2D eigenvalue weighted by Gasteiger charge is 2.14. The zero-order chi connectivity index (χ0) is 22.6. The standard InChI is InChI=1S/C23H32N6OS/c1-8-29(7)10-9-17-11-16(3)19(12-15(17)2)30-22-26-21(28-31-22)18-13-25-20(14-24-18)27-23(4,5)6/h11-14H,8-10H2,1-7H3,(H,25,27). The van der Waals surface area contributed by atoms with Crippen LogP contribution in [0.5, 0.6) is 10.9 Å². The Morgan fingerprint density at radius 2 is 1.87 bits per heavy atom. The summed E-state index contributed by atoms with van der Waals surface area (Å²) in [5.74, 6) is 2.05. The van der Waals surface area contributed by atoms with Gasteiger partial charge in [0.1, 0.15) is 17.3 Å². The van der Waals surface area contributed by atoms with Gasteiger partial charge in [-0.1, -0.05) is 13.0 Å². The molecule has 0 aliphatic heterocycles. The van der Waals surface area contributed by atoms with E-state index in [-0.39, 0.29) is 5.54 Å². The smallest absolute Gasteiger partial charge is 0.299 e. The monoisotopic (exact) mass is 440 g/mol. The van der Waals surface area contributed by atoms with E-state index >= 15 is 0 Å². The van der Waals surface area contributed by atoms with Gasteiger partial charge in [0.05, 0.1) is 12.4 Å². The molecule has 3 aromatic rings. The maximum atomic E-state index is 6.06. The normalized spacial score (nSPS) is 11.7. The molecule has 1 aromatic carbocycles. The Bertz CT molecular complexity index is 1010. The van der Waals surface area contributed by atoms with E-state index in [9.17, 15) is 0 Å². The lowest BCUT2D eigenvalue weighted by Crippen LogP contribution is -2.26. The molecule has 0 bridgehead atoms. The zero-order valence-electron chi connectivity index (χ0n) is 19.5. The van der Waals surface area contributed by atoms with Crippen LogP contribution in [0.25, 0.3) is 11.5 Å². The van der Waals surface area contributed by atoms with Crippen molar-refractivity contribution >= 4 is 17.4 Å². The number of hydrogen-bond acceptors (Lipinski definition) is 8. The first-order chi connectivity index (χ1) is 14.6. The number of aryl methyl sites for hydroxylation is 2. The highest BCUT2D eigenvalue weighted by Crippen LogP contribution is 2.30. The lowest BCUT2D eigenvalue weighted by Gasteiger charge is -2.20. The fourth-order valence-electron chi connectivity index (χ4n) is 3.04. The van der Waals surface area contributed by atoms with Crippen molar-refractivity contribution in [2.24, 2.45) is 0 Å². The summed E-state index contributed by atoms with van der Waals surface area (Å²) in [5.41, 5.74) is 4.21. The predicted octanol–water partition coefficient (Wildman–Crippen LogP) is 5.11. The molecule has 2 aromatic heterocycles. The molecule has 8 heteroatoms. The third-order valence-electron chi connectivity index (χ3n) is 4.92. The summed E-state index contributed by atoms with van der Waals surface area (Å²) < 4.78 is 10.4. The van der Waals surface area contributed by atoms with Crippen molar-refractivity contribution in [2.75, 3.05) is 25.5 Å². The third-order valence-corrected chi connectivity index (χ3v) is 5.52. The molecule has 0 aliphatic carbocycles. The Kier molecular flexibility index (Phi) is 7.23. The lowest BCUT2D eigenvalue weighted by atomic mass is 10.0. The van der Waals surface area contributed by atoms with Crippen LogP contribution < -0.4 is 10.1 Å². The number of anilines is 1. The molecule has 31 heavy (non-hydrogen) atoms. The van der Waals surface area contributed by atoms with Gasteiger partial charge < -0.3 is 15.0 Å². The number of nitrogens with zero attached hydrogens (tertiary/aromatic N) is 5. The maximum Gasteiger partial charge on any atom is 0.299 e. The van der Waals surface area contributed by atoms with E-state index < -0.39 is 0 Å². The number of likely N-dealkylation sites (N-methyl/N-ethyl adjacent to an activating group) is 1. The van der Waals surface area contributed by atoms with Crippen LogP contribution >= 0.6 is 11.5 Å². The molecule has 0 atom stereocenters. The average Bonchev–Trinajstić information content (AvgIpc) is 3.17. The maximum absolute atomic E-state index is 6.06. The minimum atomic E-state index is -0.0758. The van der Waals surface area contributed by atoms with Gasteiger partial charge >= 0.3 is 0 Å². The van der Waals surface area contributed by atoms with E-state index in [4.69, 9.17) is 4.74 Å². The summed E-state index contributed by atoms with van der Waals surface area (Å²) in [4.78, 5) is 15.7. The van der Waals surface area contributed by atoms with Crippen molar-refractivity contribution in [1.82, 2.24) is 24.2 Å². The minimum Gasteiger partial charge on any atom is -0.430 e. The van der Waals surface area contributed by atoms with Crippen LogP contribution in [0, 0.1) is 13.8 Å². The second-order valence-corrected chi connectivity index (χ2v) is 9.55. The molecule has 166 valence electrons. The van der Waals surface area contributed by atoms with E-state index in [1.165, 1.54) is 22.7 Å². The SMILES string of the molecule is CCN(C)CCc1cc(C)c(Oc2nc(-c3cnc(NC(C)(C)C)cn3)ns2)cc1C. The Hall–Kier alpha value is -2.58. The molecule has 2 heterocycles. The van der Waals surface area contributed by atoms with Gasteiger partial charge in [-0.05, 0) is 77.4 Å². The molecule has 0 saturated carbocycles. The number of hydrogen-bond donors (Lipinski definition) is 1. The second kappa shape index (κ2) is 9.70. The van der Waals surface area contributed by atoms with Crippen molar-refractivity contribution in [1.29, 1.82) is 0 Å². The van der Waals surface area contributed by atoms with Gasteiger partial charge in [0.2, 0.25) is 0 Å². The van der Waals surface area contributed by atoms with Gasteiger partial charge in [-0.25, -0.2) is 9.97 Å². The molecular weight excluding hydrogens is 408 g/mol. The summed E-state index contributed by atoms with van der Waals surface area (Å²) in [6.45, 7) is 14.7. The summed E-state index contributed by atoms with van der Waals surface area (Å²) in [6.07, 6.45) is 4.40. The molecule has 0 unspecified atom stereocenters. The summed E-state index contributed by atoms with van der Waals surface area (Å²) in [5, 5.41) is 3.79. The molecule has 0 aliphatic rings. The van der Waals surface area contributed by atoms with Gasteiger partial charge in [-0.3, -0.25) is 0 Å². The highest BCUT2D eigenvalue weighted by molar-refractivity contribution is 7.07. The van der Waals surface area contributed by atoms with E-state index in [2.05, 4.69) is 90.3 Å². The fourth-order valence-corrected chi connectivity index (χ4v) is 3.59. The Balaban J connectivity index is 1.70. The van der Waals surface area contributed by atoms with Crippen LogP contribution in [-0.4, -0.2) is 49.9 Å². The van der Waals surface area contributed by atoms with Crippen LogP contribution in [0.2, 0.25) is 0 Å². The van der Waals surface area contributed by atoms with E-state index in [0.29, 0.717) is 16.7 Å². The van der Waals surface area contributed by atoms with Crippen LogP contribution in [0.1, 0.15) is 44.4 Å². The minimum absolute atomic E-state index is 0.0758. The molecule has 0 amide bonds. The Morgan fingerprint density at radius 1 is 1.10 bits per heavy atom. The van der Waals surface area contributed by atoms with Crippen molar-refractivity contribution in [3.63, 3.8) is 0 Å². The third kappa shape index (κ3) is 6.45. The van der Waals surface area contributed by atoms with Crippen LogP contribution in [0.15, 0.2) is 24.5 Å². The average molecular weight is 441 g/mol. The van der Waals surface area contributed by atoms with Gasteiger partial charge in [0.15, 0.2) is 5.82 Å². The molecule has 3 rings (SSSR count). The van der Waals surface area contributed by atoms with E-state index in [1.807, 2.05) is 0 Å². The summed E-state index contributed by atoms with van der Waals surface area (Å²) in [6, 6.07) is 4.30. The number of nitrogens with one attached hydrogen (secondary N) is 1. The largest absolute Gasteiger partial charge is 0.430 e. The molecular formula is C23H32N6OS. The van der Waals surface area contributed by atoms with E-state index in [1.54, 1.807) is 12.4 Å². The van der Waals surface area contributed by atoms with Crippen LogP contribution in [-0.2, 0) is 6.42 Å². The summed E-state index contributed by atoms with van der Waals surface area (Å²) >= 11 is 1.22. The fraction of sp³-hybridized carbons (Fsp3) is 0.478. The van der Waals surface area contributed by atoms with Crippen molar-refractivity contribution < 1.29 is 4.74 Å². The quantitative estimate of drug-likeness (QED) is 0.522. The lowest BCUT2D eigenvalue weighted by molar-refractivity contribution is 0.357. The van der Waals surface area contributed by atoms with Crippen LogP contribution in [0.4, 0.5) is 5.82 Å². The first-order valence-corrected chi connectivity index (χ1v) is 11.3. The van der Waals surface area contributed by atoms with Gasteiger partial charge in [-0.15, -0.1) is 0 Å². The highest BCUT2D eigenvalue weighted by atomic mass is 32.1. The Labute approximate surface area is 189 Å². The summed E-state index contributed by atoms with van der Waals surface area (Å²) in [7, 11) is 2.14. The molecule has 0 fully saturated rings. The number of ether oxygens (including phenoxy) is 1. The predicted molar refractivity (Wildman–Crippen MR) is 127 cm³/mol. The second-order valence-electron chi connectivity index (χ2n) is 8.84. The van der Waals surface area contributed by atoms with Gasteiger partial charge in [0, 0.05) is 23.6 Å². The van der Waals surface area contributed by atoms with E-state index in [0.717, 1.165) is 36.6 Å². The van der Waals surface area contributed by atoms with Crippen molar-refractivity contribution in [3.8, 4) is 22.5 Å². The molecule has 1 N–H and O–H groups in total. The molecule has 0 radical (unpaired) electrons. The van der Waals surface area contributed by atoms with Crippen molar-refractivity contribution in [2.45, 2.75) is 53.5 Å². The van der Waals surface area contributed by atoms with Crippen LogP contribution in [0.3, 0.4) is 0 Å². The number of rotatable bonds is 8. The molecule has 7 nitrogen and oxygen atoms in total. The topological polar surface area (TPSA) is 76.1 Å². The van der Waals surface area contributed by atoms with Gasteiger partial charge in [0.25, 0.3) is 5.19 Å². The van der Waals surface area contributed by atoms with Crippen molar-refractivity contribution in [3.05, 3.63) is 41.2 Å². The first-order valence-electron chi connectivity index (χ1n) is 10.6. The Morgan fingerprint density at radius 3 is 2.52 bits per heavy atom. The number of benzene rings is 1. The first kappa shape index (κ1) is 23.1. The van der Waals surface area contributed by atoms with Gasteiger partial charge in [-0.2, -0.15) is 9.36 Å². The zero-order valence-corrected chi connectivity index (χ0v) is 20.3. The number of aromatic nitrogens is 4.